The fourth-order valence-corrected chi connectivity index (χ4v) is 3.97. The van der Waals surface area contributed by atoms with Gasteiger partial charge in [0.2, 0.25) is 11.8 Å². The molecule has 0 radical (unpaired) electrons. The molecule has 0 aromatic carbocycles. The van der Waals surface area contributed by atoms with Crippen LogP contribution in [0.25, 0.3) is 0 Å². The van der Waals surface area contributed by atoms with Gasteiger partial charge >= 0.3 is 0 Å². The van der Waals surface area contributed by atoms with Gasteiger partial charge in [-0.2, -0.15) is 0 Å². The van der Waals surface area contributed by atoms with Crippen molar-refractivity contribution in [1.82, 2.24) is 16.0 Å². The molecule has 0 aliphatic heterocycles. The molecule has 0 aliphatic rings. The minimum Gasteiger partial charge on any atom is -0.346 e. The first kappa shape index (κ1) is 34.9. The second-order valence-electron chi connectivity index (χ2n) is 10.8. The van der Waals surface area contributed by atoms with Crippen molar-refractivity contribution >= 4 is 46.9 Å². The van der Waals surface area contributed by atoms with Gasteiger partial charge in [0, 0.05) is 43.1 Å². The van der Waals surface area contributed by atoms with Crippen molar-refractivity contribution in [2.45, 2.75) is 118 Å². The zero-order valence-corrected chi connectivity index (χ0v) is 24.6. The van der Waals surface area contributed by atoms with E-state index < -0.39 is 24.0 Å². The Bertz CT molecular complexity index is 810. The number of carbonyl (C=O) groups excluding carboxylic acids is 6. The van der Waals surface area contributed by atoms with Crippen LogP contribution in [0.5, 0.6) is 0 Å². The predicted octanol–water partition coefficient (Wildman–Crippen LogP) is 2.79. The largest absolute Gasteiger partial charge is 0.346 e. The molecule has 3 N–H and O–H groups in total. The molecule has 9 nitrogen and oxygen atoms in total. The number of hydrogen-bond donors (Lipinski definition) is 4. The van der Waals surface area contributed by atoms with Crippen LogP contribution in [-0.4, -0.2) is 58.4 Å². The summed E-state index contributed by atoms with van der Waals surface area (Å²) in [7, 11) is 0. The molecule has 0 saturated carbocycles. The molecule has 0 aromatic heterocycles. The molecule has 0 heterocycles. The molecule has 0 aromatic rings. The van der Waals surface area contributed by atoms with Gasteiger partial charge in [-0.3, -0.25) is 28.8 Å². The summed E-state index contributed by atoms with van der Waals surface area (Å²) in [6.45, 7) is 14.4. The fourth-order valence-electron chi connectivity index (χ4n) is 3.84. The van der Waals surface area contributed by atoms with Crippen LogP contribution >= 0.6 is 12.6 Å². The van der Waals surface area contributed by atoms with E-state index in [1.54, 1.807) is 27.7 Å². The topological polar surface area (TPSA) is 139 Å². The van der Waals surface area contributed by atoms with Crippen LogP contribution in [0.1, 0.15) is 93.9 Å². The number of nitrogens with one attached hydrogen (secondary N) is 3. The molecule has 0 fully saturated rings. The molecule has 0 bridgehead atoms. The lowest BCUT2D eigenvalue weighted by molar-refractivity contribution is -0.131. The maximum atomic E-state index is 12.8. The predicted molar refractivity (Wildman–Crippen MR) is 147 cm³/mol. The van der Waals surface area contributed by atoms with E-state index in [2.05, 4.69) is 28.6 Å². The van der Waals surface area contributed by atoms with Crippen molar-refractivity contribution in [2.24, 2.45) is 17.8 Å². The Morgan fingerprint density at radius 3 is 1.19 bits per heavy atom. The Morgan fingerprint density at radius 1 is 0.541 bits per heavy atom. The van der Waals surface area contributed by atoms with Crippen LogP contribution in [0.4, 0.5) is 0 Å². The summed E-state index contributed by atoms with van der Waals surface area (Å²) >= 11 is 3.73. The minimum absolute atomic E-state index is 0.0260. The van der Waals surface area contributed by atoms with Crippen LogP contribution in [0.2, 0.25) is 0 Å². The summed E-state index contributed by atoms with van der Waals surface area (Å²) in [5.74, 6) is -2.03. The molecule has 0 saturated heterocycles. The standard InChI is InChI=1S/C27H47N3O6S/c1-15(2)25(34)19(28-18(7)8)9-12-22(31)29-20(26(35)16(3)4)10-13-23(32)30-21(11-14-24(33)37)27(36)17(5)6/h15-21,28H,9-14H2,1-8H3,(H,29,31)(H,30,32)(H,33,37). The molecule has 2 amide bonds. The summed E-state index contributed by atoms with van der Waals surface area (Å²) in [5.41, 5.74) is 0. The summed E-state index contributed by atoms with van der Waals surface area (Å²) in [5, 5.41) is 8.23. The summed E-state index contributed by atoms with van der Waals surface area (Å²) in [6.07, 6.45) is 0.539. The number of ketones is 3. The van der Waals surface area contributed by atoms with E-state index >= 15 is 0 Å². The van der Waals surface area contributed by atoms with E-state index in [0.29, 0.717) is 6.42 Å². The maximum absolute atomic E-state index is 12.8. The Hall–Kier alpha value is -2.07. The Labute approximate surface area is 227 Å². The second kappa shape index (κ2) is 17.4. The minimum atomic E-state index is -0.867. The van der Waals surface area contributed by atoms with E-state index in [-0.39, 0.29) is 84.3 Å². The van der Waals surface area contributed by atoms with Crippen LogP contribution < -0.4 is 16.0 Å². The molecule has 0 rings (SSSR count). The first-order chi connectivity index (χ1) is 17.1. The van der Waals surface area contributed by atoms with E-state index in [0.717, 1.165) is 0 Å². The van der Waals surface area contributed by atoms with Crippen LogP contribution in [0.3, 0.4) is 0 Å². The Balaban J connectivity index is 5.22. The molecule has 0 aliphatic carbocycles. The molecular weight excluding hydrogens is 494 g/mol. The van der Waals surface area contributed by atoms with E-state index in [9.17, 15) is 28.8 Å². The first-order valence-electron chi connectivity index (χ1n) is 13.2. The summed E-state index contributed by atoms with van der Waals surface area (Å²) in [6, 6.07) is -2.08. The quantitative estimate of drug-likeness (QED) is 0.184. The van der Waals surface area contributed by atoms with E-state index in [1.165, 1.54) is 0 Å². The smallest absolute Gasteiger partial charge is 0.220 e. The van der Waals surface area contributed by atoms with Gasteiger partial charge in [-0.1, -0.05) is 55.4 Å². The second-order valence-corrected chi connectivity index (χ2v) is 11.3. The average molecular weight is 542 g/mol. The monoisotopic (exact) mass is 541 g/mol. The van der Waals surface area contributed by atoms with E-state index in [4.69, 9.17) is 0 Å². The normalized spacial score (nSPS) is 14.0. The lowest BCUT2D eigenvalue weighted by Gasteiger charge is -2.23. The van der Waals surface area contributed by atoms with Crippen molar-refractivity contribution < 1.29 is 28.8 Å². The highest BCUT2D eigenvalue weighted by molar-refractivity contribution is 7.96. The number of carbonyl (C=O) groups is 6. The third-order valence-corrected chi connectivity index (χ3v) is 6.13. The Kier molecular flexibility index (Phi) is 16.5. The van der Waals surface area contributed by atoms with Crippen LogP contribution in [0, 0.1) is 17.8 Å². The molecule has 3 atom stereocenters. The van der Waals surface area contributed by atoms with Crippen molar-refractivity contribution in [2.75, 3.05) is 0 Å². The van der Waals surface area contributed by atoms with Crippen LogP contribution in [-0.2, 0) is 28.8 Å². The highest BCUT2D eigenvalue weighted by Gasteiger charge is 2.28. The van der Waals surface area contributed by atoms with E-state index in [1.807, 2.05) is 27.7 Å². The van der Waals surface area contributed by atoms with Gasteiger partial charge in [0.05, 0.1) is 18.1 Å². The number of rotatable bonds is 19. The molecule has 212 valence electrons. The van der Waals surface area contributed by atoms with Gasteiger partial charge in [0.15, 0.2) is 22.5 Å². The van der Waals surface area contributed by atoms with Gasteiger partial charge in [0.1, 0.15) is 0 Å². The fraction of sp³-hybridized carbons (Fsp3) is 0.778. The maximum Gasteiger partial charge on any atom is 0.220 e. The van der Waals surface area contributed by atoms with Crippen molar-refractivity contribution in [3.8, 4) is 0 Å². The van der Waals surface area contributed by atoms with Crippen molar-refractivity contribution in [3.05, 3.63) is 0 Å². The highest BCUT2D eigenvalue weighted by atomic mass is 32.1. The Morgan fingerprint density at radius 2 is 0.865 bits per heavy atom. The number of hydrogen-bond acceptors (Lipinski definition) is 7. The molecule has 3 unspecified atom stereocenters. The summed E-state index contributed by atoms with van der Waals surface area (Å²) in [4.78, 5) is 74.3. The molecule has 10 heteroatoms. The van der Waals surface area contributed by atoms with Crippen molar-refractivity contribution in [3.63, 3.8) is 0 Å². The zero-order valence-electron chi connectivity index (χ0n) is 23.7. The van der Waals surface area contributed by atoms with Gasteiger partial charge in [-0.15, -0.1) is 12.6 Å². The van der Waals surface area contributed by atoms with Crippen molar-refractivity contribution in [1.29, 1.82) is 0 Å². The average Bonchev–Trinajstić information content (AvgIpc) is 2.79. The van der Waals surface area contributed by atoms with Gasteiger partial charge < -0.3 is 16.0 Å². The third kappa shape index (κ3) is 14.4. The van der Waals surface area contributed by atoms with Gasteiger partial charge in [-0.05, 0) is 19.3 Å². The third-order valence-electron chi connectivity index (χ3n) is 5.91. The SMILES string of the molecule is CC(C)NC(CCC(=O)NC(CCC(=O)NC(CCC(=O)S)C(=O)C(C)C)C(=O)C(C)C)C(=O)C(C)C. The lowest BCUT2D eigenvalue weighted by Crippen LogP contribution is -2.46. The lowest BCUT2D eigenvalue weighted by atomic mass is 9.95. The molecule has 0 spiro atoms. The van der Waals surface area contributed by atoms with Gasteiger partial charge in [-0.25, -0.2) is 0 Å². The first-order valence-corrected chi connectivity index (χ1v) is 13.7. The summed E-state index contributed by atoms with van der Waals surface area (Å²) < 4.78 is 0. The zero-order chi connectivity index (χ0) is 28.9. The number of amides is 2. The van der Waals surface area contributed by atoms with Gasteiger partial charge in [0.25, 0.3) is 0 Å². The number of Topliss-reactive ketones (excluding diaryl/α,β-unsaturated/α-hetero) is 3. The molecular formula is C27H47N3O6S. The van der Waals surface area contributed by atoms with Crippen LogP contribution in [0.15, 0.2) is 0 Å². The molecule has 37 heavy (non-hydrogen) atoms. The number of thiol groups is 1. The highest BCUT2D eigenvalue weighted by Crippen LogP contribution is 2.12.